The molecular formula is C27H40N7O17P3S. The first-order chi connectivity index (χ1) is 25.6. The van der Waals surface area contributed by atoms with Gasteiger partial charge in [0.25, 0.3) is 0 Å². The van der Waals surface area contributed by atoms with Gasteiger partial charge >= 0.3 is 23.5 Å². The standard InChI is InChI=1S/C27H40N7O17P3S/c1-4-5-6-7-18(36)55-11-10-29-17(35)8-9-30-25(39)22(38)27(2,3)13-48-54(45,46)51-53(43,44)47-12-16-21(50-52(40,41)42)20(37)26(49-16)34-15-33-19-23(28)31-14-32-24(19)34/h4,6-7,14-16,21-22,26,38H,1,5,8-13H2,2-3H3,(H,29,35)(H,30,39)(H,43,44)(H,45,46)(H2,28,31,32)(H2,40,41,42)/b7-6+/t16-,21-,22+,26-/m1/s1. The van der Waals surface area contributed by atoms with Gasteiger partial charge in [0.15, 0.2) is 23.8 Å². The molecule has 0 radical (unpaired) electrons. The molecule has 3 heterocycles. The van der Waals surface area contributed by atoms with Crippen molar-refractivity contribution in [1.29, 1.82) is 0 Å². The second-order valence-electron chi connectivity index (χ2n) is 12.0. The van der Waals surface area contributed by atoms with Crippen molar-refractivity contribution in [3.05, 3.63) is 37.5 Å². The highest BCUT2D eigenvalue weighted by molar-refractivity contribution is 8.14. The molecule has 306 valence electrons. The molecule has 9 N–H and O–H groups in total. The number of allylic oxidation sites excluding steroid dienone is 2. The molecule has 0 aromatic carbocycles. The summed E-state index contributed by atoms with van der Waals surface area (Å²) < 4.78 is 61.6. The van der Waals surface area contributed by atoms with Gasteiger partial charge in [0.1, 0.15) is 24.1 Å². The molecule has 0 saturated carbocycles. The van der Waals surface area contributed by atoms with Crippen molar-refractivity contribution in [2.75, 3.05) is 37.8 Å². The van der Waals surface area contributed by atoms with Crippen LogP contribution in [0.3, 0.4) is 0 Å². The van der Waals surface area contributed by atoms with E-state index in [1.165, 1.54) is 19.9 Å². The van der Waals surface area contributed by atoms with Gasteiger partial charge in [-0.2, -0.15) is 4.31 Å². The number of aromatic nitrogens is 4. The summed E-state index contributed by atoms with van der Waals surface area (Å²) in [5.74, 6) is -2.32. The number of thioether (sulfide) groups is 1. The number of imidazole rings is 1. The number of rotatable bonds is 22. The van der Waals surface area contributed by atoms with Gasteiger partial charge in [0.05, 0.1) is 19.5 Å². The number of carbonyl (C=O) groups is 4. The molecule has 1 saturated heterocycles. The summed E-state index contributed by atoms with van der Waals surface area (Å²) >= 11 is 0.997. The molecule has 1 fully saturated rings. The zero-order valence-corrected chi connectivity index (χ0v) is 32.6. The van der Waals surface area contributed by atoms with Gasteiger partial charge in [-0.05, 0) is 12.5 Å². The van der Waals surface area contributed by atoms with Gasteiger partial charge in [-0.15, -0.1) is 6.58 Å². The van der Waals surface area contributed by atoms with E-state index in [0.29, 0.717) is 12.2 Å². The SMILES string of the molecule is C=CC/C=C/C(=O)SCCNC(=O)CCNC(=O)[C@H](O)C(C)(C)COP(=O)(O)OP(=O)(O)OC[C@H]1O[C@@H](n2cnc3c(N)ncnc32)C(=O)[C@@H]1OP(=O)(O)O. The van der Waals surface area contributed by atoms with E-state index in [9.17, 15) is 57.6 Å². The molecule has 0 aliphatic carbocycles. The molecule has 2 amide bonds. The average molecular weight is 860 g/mol. The van der Waals surface area contributed by atoms with E-state index in [0.717, 1.165) is 29.0 Å². The summed E-state index contributed by atoms with van der Waals surface area (Å²) in [4.78, 5) is 100.0. The Morgan fingerprint density at radius 3 is 2.47 bits per heavy atom. The molecule has 55 heavy (non-hydrogen) atoms. The van der Waals surface area contributed by atoms with E-state index in [1.54, 1.807) is 12.2 Å². The summed E-state index contributed by atoms with van der Waals surface area (Å²) in [6, 6.07) is 0. The third-order valence-corrected chi connectivity index (χ3v) is 11.0. The van der Waals surface area contributed by atoms with Crippen molar-refractivity contribution < 1.29 is 80.2 Å². The smallest absolute Gasteiger partial charge is 0.383 e. The monoisotopic (exact) mass is 859 g/mol. The first kappa shape index (κ1) is 46.1. The Labute approximate surface area is 316 Å². The molecule has 1 aliphatic rings. The molecule has 0 spiro atoms. The Morgan fingerprint density at radius 1 is 1.11 bits per heavy atom. The third-order valence-electron chi connectivity index (χ3n) is 7.13. The first-order valence-electron chi connectivity index (χ1n) is 15.7. The predicted octanol–water partition coefficient (Wildman–Crippen LogP) is 0.00520. The summed E-state index contributed by atoms with van der Waals surface area (Å²) in [6.07, 6.45) is -0.426. The number of nitrogen functional groups attached to an aromatic ring is 1. The van der Waals surface area contributed by atoms with Crippen molar-refractivity contribution in [1.82, 2.24) is 30.2 Å². The van der Waals surface area contributed by atoms with Crippen molar-refractivity contribution in [2.45, 2.75) is 51.2 Å². The van der Waals surface area contributed by atoms with Crippen LogP contribution in [-0.4, -0.2) is 117 Å². The fraction of sp³-hybridized carbons (Fsp3) is 0.519. The van der Waals surface area contributed by atoms with Crippen LogP contribution in [0.5, 0.6) is 0 Å². The van der Waals surface area contributed by atoms with Gasteiger partial charge < -0.3 is 45.8 Å². The van der Waals surface area contributed by atoms with Gasteiger partial charge in [-0.25, -0.2) is 28.6 Å². The van der Waals surface area contributed by atoms with Crippen LogP contribution in [0.25, 0.3) is 11.2 Å². The number of phosphoric ester groups is 3. The van der Waals surface area contributed by atoms with E-state index >= 15 is 0 Å². The van der Waals surface area contributed by atoms with Crippen LogP contribution in [0.1, 0.15) is 32.9 Å². The number of anilines is 1. The lowest BCUT2D eigenvalue weighted by molar-refractivity contribution is -0.137. The number of phosphoric acid groups is 3. The van der Waals surface area contributed by atoms with E-state index in [-0.39, 0.29) is 41.6 Å². The minimum atomic E-state index is -5.60. The van der Waals surface area contributed by atoms with Crippen LogP contribution in [0.4, 0.5) is 5.82 Å². The zero-order chi connectivity index (χ0) is 41.2. The maximum Gasteiger partial charge on any atom is 0.481 e. The van der Waals surface area contributed by atoms with Crippen LogP contribution in [-0.2, 0) is 55.5 Å². The molecule has 28 heteroatoms. The number of ether oxygens (including phenoxy) is 1. The number of carbonyl (C=O) groups excluding carboxylic acids is 4. The molecule has 24 nitrogen and oxygen atoms in total. The normalized spacial score (nSPS) is 20.6. The predicted molar refractivity (Wildman–Crippen MR) is 190 cm³/mol. The second-order valence-corrected chi connectivity index (χ2v) is 17.3. The largest absolute Gasteiger partial charge is 0.481 e. The van der Waals surface area contributed by atoms with Crippen molar-refractivity contribution in [3.8, 4) is 0 Å². The Balaban J connectivity index is 1.50. The van der Waals surface area contributed by atoms with E-state index < -0.39 is 84.2 Å². The summed E-state index contributed by atoms with van der Waals surface area (Å²) in [7, 11) is -16.5. The lowest BCUT2D eigenvalue weighted by atomic mass is 9.87. The minimum absolute atomic E-state index is 0.0321. The molecule has 1 aliphatic heterocycles. The number of nitrogens with two attached hydrogens (primary N) is 1. The van der Waals surface area contributed by atoms with Gasteiger partial charge in [-0.1, -0.05) is 37.8 Å². The fourth-order valence-electron chi connectivity index (χ4n) is 4.43. The quantitative estimate of drug-likeness (QED) is 0.0334. The number of hydrogen-bond donors (Lipinski definition) is 8. The number of amides is 2. The van der Waals surface area contributed by atoms with Crippen molar-refractivity contribution >= 4 is 74.9 Å². The molecule has 3 rings (SSSR count). The minimum Gasteiger partial charge on any atom is -0.383 e. The van der Waals surface area contributed by atoms with Gasteiger partial charge in [0.2, 0.25) is 22.7 Å². The number of aliphatic hydroxyl groups is 1. The number of aliphatic hydroxyl groups excluding tert-OH is 1. The molecule has 2 aromatic rings. The Hall–Kier alpha value is -3.25. The van der Waals surface area contributed by atoms with Crippen LogP contribution < -0.4 is 16.4 Å². The Bertz CT molecular complexity index is 1910. The zero-order valence-electron chi connectivity index (χ0n) is 29.1. The third kappa shape index (κ3) is 14.3. The lowest BCUT2D eigenvalue weighted by Crippen LogP contribution is -2.46. The summed E-state index contributed by atoms with van der Waals surface area (Å²) in [6.45, 7) is 3.88. The summed E-state index contributed by atoms with van der Waals surface area (Å²) in [5, 5.41) is 15.2. The molecule has 2 unspecified atom stereocenters. The van der Waals surface area contributed by atoms with Crippen LogP contribution in [0, 0.1) is 5.41 Å². The number of ketones is 1. The topological polar surface area (TPSA) is 360 Å². The number of hydrogen-bond acceptors (Lipinski definition) is 18. The number of nitrogens with zero attached hydrogens (tertiary/aromatic N) is 4. The highest BCUT2D eigenvalue weighted by atomic mass is 32.2. The lowest BCUT2D eigenvalue weighted by Gasteiger charge is -2.30. The molecule has 0 bridgehead atoms. The molecular weight excluding hydrogens is 819 g/mol. The van der Waals surface area contributed by atoms with E-state index in [1.807, 2.05) is 0 Å². The van der Waals surface area contributed by atoms with E-state index in [4.69, 9.17) is 15.0 Å². The number of nitrogens with one attached hydrogen (secondary N) is 2. The maximum absolute atomic E-state index is 13.1. The van der Waals surface area contributed by atoms with E-state index in [2.05, 4.69) is 45.5 Å². The van der Waals surface area contributed by atoms with Gasteiger partial charge in [0, 0.05) is 30.7 Å². The Morgan fingerprint density at radius 2 is 1.80 bits per heavy atom. The molecule has 2 aromatic heterocycles. The van der Waals surface area contributed by atoms with Crippen LogP contribution >= 0.6 is 35.2 Å². The van der Waals surface area contributed by atoms with Gasteiger partial charge in [-0.3, -0.25) is 37.3 Å². The second kappa shape index (κ2) is 19.7. The van der Waals surface area contributed by atoms with Crippen molar-refractivity contribution in [3.63, 3.8) is 0 Å². The highest BCUT2D eigenvalue weighted by Crippen LogP contribution is 2.61. The average Bonchev–Trinajstić information content (AvgIpc) is 3.64. The summed E-state index contributed by atoms with van der Waals surface area (Å²) in [5.41, 5.74) is 4.12. The Kier molecular flexibility index (Phi) is 16.6. The molecule has 6 atom stereocenters. The first-order valence-corrected chi connectivity index (χ1v) is 21.3. The fourth-order valence-corrected chi connectivity index (χ4v) is 7.81. The van der Waals surface area contributed by atoms with Crippen LogP contribution in [0.15, 0.2) is 37.5 Å². The number of Topliss-reactive ketones (excluding diaryl/α,β-unsaturated/α-hetero) is 1. The maximum atomic E-state index is 13.1. The number of fused-ring (bicyclic) bond motifs is 1. The van der Waals surface area contributed by atoms with Crippen LogP contribution in [0.2, 0.25) is 0 Å². The highest BCUT2D eigenvalue weighted by Gasteiger charge is 2.50. The van der Waals surface area contributed by atoms with Crippen molar-refractivity contribution in [2.24, 2.45) is 5.41 Å².